The van der Waals surface area contributed by atoms with Crippen molar-refractivity contribution in [2.24, 2.45) is 0 Å². The largest absolute Gasteiger partial charge is 0.478 e. The Bertz CT molecular complexity index is 1230. The molecule has 29 heavy (non-hydrogen) atoms. The summed E-state index contributed by atoms with van der Waals surface area (Å²) in [5, 5.41) is 31.0. The number of ether oxygens (including phenoxy) is 1. The highest BCUT2D eigenvalue weighted by molar-refractivity contribution is 6.15. The van der Waals surface area contributed by atoms with Crippen molar-refractivity contribution in [3.63, 3.8) is 0 Å². The number of hydrogen-bond donors (Lipinski definition) is 0. The standard InChI is InChI=1S/C22H13N3O4/c23-10-11-29-21-9-8-15-4-1-2-7-19(15)20(21)13-17(14-24)22(26)16-5-3-6-18(12-16)25(27)28/h1-9,12-13H,11H2/b17-13+. The molecular weight excluding hydrogens is 370 g/mol. The number of nitro groups is 1. The maximum absolute atomic E-state index is 12.8. The highest BCUT2D eigenvalue weighted by Gasteiger charge is 2.17. The van der Waals surface area contributed by atoms with Gasteiger partial charge in [0.1, 0.15) is 23.5 Å². The fourth-order valence-electron chi connectivity index (χ4n) is 2.87. The van der Waals surface area contributed by atoms with Gasteiger partial charge in [-0.3, -0.25) is 14.9 Å². The van der Waals surface area contributed by atoms with Gasteiger partial charge in [0.05, 0.1) is 4.92 Å². The van der Waals surface area contributed by atoms with Crippen LogP contribution in [0.4, 0.5) is 5.69 Å². The summed E-state index contributed by atoms with van der Waals surface area (Å²) in [6.07, 6.45) is 1.39. The summed E-state index contributed by atoms with van der Waals surface area (Å²) in [6.45, 7) is -0.195. The van der Waals surface area contributed by atoms with Crippen LogP contribution < -0.4 is 4.74 Å². The summed E-state index contributed by atoms with van der Waals surface area (Å²) < 4.78 is 5.46. The molecule has 0 fully saturated rings. The van der Waals surface area contributed by atoms with Crippen LogP contribution in [0.3, 0.4) is 0 Å². The number of nitro benzene ring substituents is 1. The second-order valence-electron chi connectivity index (χ2n) is 5.95. The molecule has 0 spiro atoms. The van der Waals surface area contributed by atoms with Crippen molar-refractivity contribution < 1.29 is 14.5 Å². The molecule has 3 aromatic rings. The zero-order valence-corrected chi connectivity index (χ0v) is 15.0. The van der Waals surface area contributed by atoms with E-state index in [9.17, 15) is 20.2 Å². The summed E-state index contributed by atoms with van der Waals surface area (Å²) in [5.41, 5.74) is 0.0698. The van der Waals surface area contributed by atoms with E-state index in [0.717, 1.165) is 16.8 Å². The van der Waals surface area contributed by atoms with Crippen molar-refractivity contribution in [3.8, 4) is 17.9 Å². The third kappa shape index (κ3) is 4.10. The molecule has 3 aromatic carbocycles. The second kappa shape index (κ2) is 8.47. The first kappa shape index (κ1) is 19.3. The average Bonchev–Trinajstić information content (AvgIpc) is 2.76. The first-order valence-corrected chi connectivity index (χ1v) is 8.47. The second-order valence-corrected chi connectivity index (χ2v) is 5.95. The lowest BCUT2D eigenvalue weighted by molar-refractivity contribution is -0.384. The van der Waals surface area contributed by atoms with Gasteiger partial charge in [-0.05, 0) is 22.9 Å². The third-order valence-electron chi connectivity index (χ3n) is 4.20. The Morgan fingerprint density at radius 3 is 2.62 bits per heavy atom. The number of nitrogens with zero attached hydrogens (tertiary/aromatic N) is 3. The minimum Gasteiger partial charge on any atom is -0.478 e. The van der Waals surface area contributed by atoms with Crippen molar-refractivity contribution in [2.45, 2.75) is 0 Å². The summed E-state index contributed by atoms with van der Waals surface area (Å²) in [7, 11) is 0. The van der Waals surface area contributed by atoms with Crippen molar-refractivity contribution in [2.75, 3.05) is 6.61 Å². The Morgan fingerprint density at radius 1 is 1.10 bits per heavy atom. The van der Waals surface area contributed by atoms with Crippen LogP contribution >= 0.6 is 0 Å². The van der Waals surface area contributed by atoms with Crippen LogP contribution in [0.5, 0.6) is 5.75 Å². The number of carbonyl (C=O) groups is 1. The molecular formula is C22H13N3O4. The van der Waals surface area contributed by atoms with Crippen LogP contribution in [-0.2, 0) is 0 Å². The molecule has 0 atom stereocenters. The van der Waals surface area contributed by atoms with Crippen LogP contribution in [0.1, 0.15) is 15.9 Å². The molecule has 0 saturated carbocycles. The van der Waals surface area contributed by atoms with Gasteiger partial charge in [0.2, 0.25) is 5.78 Å². The van der Waals surface area contributed by atoms with E-state index in [4.69, 9.17) is 10.00 Å². The molecule has 7 heteroatoms. The molecule has 0 heterocycles. The normalized spacial score (nSPS) is 10.8. The summed E-state index contributed by atoms with van der Waals surface area (Å²) in [5.74, 6) is -0.291. The van der Waals surface area contributed by atoms with Crippen molar-refractivity contribution >= 4 is 28.3 Å². The van der Waals surface area contributed by atoms with E-state index < -0.39 is 10.7 Å². The number of nitriles is 2. The minimum atomic E-state index is -0.643. The maximum Gasteiger partial charge on any atom is 0.270 e. The van der Waals surface area contributed by atoms with E-state index in [0.29, 0.717) is 11.3 Å². The molecule has 7 nitrogen and oxygen atoms in total. The first-order valence-electron chi connectivity index (χ1n) is 8.47. The first-order chi connectivity index (χ1) is 14.0. The SMILES string of the molecule is N#CCOc1ccc2ccccc2c1/C=C(\C#N)C(=O)c1cccc([N+](=O)[O-])c1. The molecule has 0 saturated heterocycles. The highest BCUT2D eigenvalue weighted by atomic mass is 16.6. The zero-order valence-electron chi connectivity index (χ0n) is 15.0. The number of Topliss-reactive ketones (excluding diaryl/α,β-unsaturated/α-hetero) is 1. The average molecular weight is 383 g/mol. The predicted molar refractivity (Wildman–Crippen MR) is 106 cm³/mol. The summed E-state index contributed by atoms with van der Waals surface area (Å²) in [6, 6.07) is 19.8. The lowest BCUT2D eigenvalue weighted by atomic mass is 9.98. The topological polar surface area (TPSA) is 117 Å². The Balaban J connectivity index is 2.14. The fraction of sp³-hybridized carbons (Fsp3) is 0.0455. The number of ketones is 1. The number of carbonyl (C=O) groups excluding carboxylic acids is 1. The number of hydrogen-bond acceptors (Lipinski definition) is 6. The quantitative estimate of drug-likeness (QED) is 0.204. The summed E-state index contributed by atoms with van der Waals surface area (Å²) >= 11 is 0. The van der Waals surface area contributed by atoms with Crippen LogP contribution in [0.15, 0.2) is 66.2 Å². The van der Waals surface area contributed by atoms with Gasteiger partial charge < -0.3 is 4.74 Å². The number of fused-ring (bicyclic) bond motifs is 1. The van der Waals surface area contributed by atoms with Crippen LogP contribution in [0.25, 0.3) is 16.8 Å². The number of allylic oxidation sites excluding steroid dienone is 1. The van der Waals surface area contributed by atoms with Gasteiger partial charge in [0, 0.05) is 23.3 Å². The van der Waals surface area contributed by atoms with Crippen molar-refractivity contribution in [3.05, 3.63) is 87.5 Å². The molecule has 0 N–H and O–H groups in total. The van der Waals surface area contributed by atoms with Gasteiger partial charge in [-0.25, -0.2) is 0 Å². The van der Waals surface area contributed by atoms with Crippen LogP contribution in [0.2, 0.25) is 0 Å². The zero-order chi connectivity index (χ0) is 20.8. The predicted octanol–water partition coefficient (Wildman–Crippen LogP) is 4.44. The van der Waals surface area contributed by atoms with Gasteiger partial charge in [0.15, 0.2) is 6.61 Å². The van der Waals surface area contributed by atoms with E-state index in [1.165, 1.54) is 24.3 Å². The van der Waals surface area contributed by atoms with Gasteiger partial charge in [-0.15, -0.1) is 0 Å². The summed E-state index contributed by atoms with van der Waals surface area (Å²) in [4.78, 5) is 23.2. The van der Waals surface area contributed by atoms with Gasteiger partial charge in [-0.2, -0.15) is 10.5 Å². The minimum absolute atomic E-state index is 0.0340. The van der Waals surface area contributed by atoms with Gasteiger partial charge in [0.25, 0.3) is 5.69 Å². The van der Waals surface area contributed by atoms with Crippen molar-refractivity contribution in [1.29, 1.82) is 10.5 Å². The maximum atomic E-state index is 12.8. The smallest absolute Gasteiger partial charge is 0.270 e. The Hall–Kier alpha value is -4.49. The van der Waals surface area contributed by atoms with E-state index in [-0.39, 0.29) is 23.4 Å². The number of benzene rings is 3. The molecule has 0 aliphatic heterocycles. The molecule has 0 bridgehead atoms. The lowest BCUT2D eigenvalue weighted by Crippen LogP contribution is -2.03. The Kier molecular flexibility index (Phi) is 5.63. The third-order valence-corrected chi connectivity index (χ3v) is 4.20. The number of non-ortho nitro benzene ring substituents is 1. The van der Waals surface area contributed by atoms with E-state index in [1.807, 2.05) is 42.5 Å². The van der Waals surface area contributed by atoms with Crippen LogP contribution in [0, 0.1) is 32.8 Å². The van der Waals surface area contributed by atoms with Gasteiger partial charge >= 0.3 is 0 Å². The van der Waals surface area contributed by atoms with Gasteiger partial charge in [-0.1, -0.05) is 42.5 Å². The number of rotatable bonds is 6. The molecule has 0 aliphatic rings. The molecule has 0 aromatic heterocycles. The highest BCUT2D eigenvalue weighted by Crippen LogP contribution is 2.31. The van der Waals surface area contributed by atoms with E-state index >= 15 is 0 Å². The molecule has 0 amide bonds. The lowest BCUT2D eigenvalue weighted by Gasteiger charge is -2.10. The monoisotopic (exact) mass is 383 g/mol. The molecule has 140 valence electrons. The molecule has 0 aliphatic carbocycles. The van der Waals surface area contributed by atoms with E-state index in [1.54, 1.807) is 6.07 Å². The Labute approximate surface area is 165 Å². The molecule has 0 unspecified atom stereocenters. The molecule has 0 radical (unpaired) electrons. The Morgan fingerprint density at radius 2 is 1.90 bits per heavy atom. The molecule has 3 rings (SSSR count). The van der Waals surface area contributed by atoms with E-state index in [2.05, 4.69) is 0 Å². The van der Waals surface area contributed by atoms with Crippen molar-refractivity contribution in [1.82, 2.24) is 0 Å². The van der Waals surface area contributed by atoms with Crippen LogP contribution in [-0.4, -0.2) is 17.3 Å². The fourth-order valence-corrected chi connectivity index (χ4v) is 2.87.